The summed E-state index contributed by atoms with van der Waals surface area (Å²) in [6.07, 6.45) is 3.98. The smallest absolute Gasteiger partial charge is 0.313 e. The van der Waals surface area contributed by atoms with Crippen LogP contribution in [0, 0.1) is 11.3 Å². The maximum Gasteiger partial charge on any atom is 0.313 e. The van der Waals surface area contributed by atoms with Gasteiger partial charge in [-0.1, -0.05) is 0 Å². The lowest BCUT2D eigenvalue weighted by molar-refractivity contribution is -0.148. The molecule has 1 heterocycles. The lowest BCUT2D eigenvalue weighted by Crippen LogP contribution is -2.47. The largest absolute Gasteiger partial charge is 0.469 e. The molecule has 2 aliphatic rings. The average Bonchev–Trinajstić information content (AvgIpc) is 3.09. The number of rotatable bonds is 3. The first kappa shape index (κ1) is 10.9. The van der Waals surface area contributed by atoms with Crippen molar-refractivity contribution >= 4 is 5.97 Å². The first-order chi connectivity index (χ1) is 7.20. The Bertz CT molecular complexity index is 245. The summed E-state index contributed by atoms with van der Waals surface area (Å²) in [5, 5.41) is 3.31. The van der Waals surface area contributed by atoms with Gasteiger partial charge in [-0.2, -0.15) is 0 Å². The van der Waals surface area contributed by atoms with Crippen LogP contribution in [0.15, 0.2) is 0 Å². The van der Waals surface area contributed by atoms with Gasteiger partial charge in [0.25, 0.3) is 0 Å². The maximum atomic E-state index is 11.7. The van der Waals surface area contributed by atoms with Crippen molar-refractivity contribution in [2.24, 2.45) is 17.1 Å². The van der Waals surface area contributed by atoms with E-state index in [1.807, 2.05) is 0 Å². The van der Waals surface area contributed by atoms with Crippen LogP contribution in [0.1, 0.15) is 25.7 Å². The Morgan fingerprint density at radius 2 is 2.07 bits per heavy atom. The molecule has 1 unspecified atom stereocenters. The van der Waals surface area contributed by atoms with E-state index in [4.69, 9.17) is 10.5 Å². The molecule has 2 fully saturated rings. The first-order valence-electron chi connectivity index (χ1n) is 5.75. The van der Waals surface area contributed by atoms with Crippen molar-refractivity contribution in [2.75, 3.05) is 20.2 Å². The number of methoxy groups -OCH3 is 1. The molecule has 86 valence electrons. The Kier molecular flexibility index (Phi) is 2.98. The Labute approximate surface area is 90.5 Å². The van der Waals surface area contributed by atoms with E-state index >= 15 is 0 Å². The summed E-state index contributed by atoms with van der Waals surface area (Å²) in [5.74, 6) is 0.376. The summed E-state index contributed by atoms with van der Waals surface area (Å²) in [6.45, 7) is 2.05. The van der Waals surface area contributed by atoms with E-state index in [2.05, 4.69) is 5.32 Å². The van der Waals surface area contributed by atoms with Crippen LogP contribution >= 0.6 is 0 Å². The lowest BCUT2D eigenvalue weighted by atomic mass is 9.81. The third kappa shape index (κ3) is 1.88. The quantitative estimate of drug-likeness (QED) is 0.659. The predicted octanol–water partition coefficient (Wildman–Crippen LogP) is 0.267. The van der Waals surface area contributed by atoms with Crippen molar-refractivity contribution in [1.82, 2.24) is 5.32 Å². The summed E-state index contributed by atoms with van der Waals surface area (Å²) in [4.78, 5) is 11.7. The molecule has 0 radical (unpaired) electrons. The number of piperidine rings is 1. The van der Waals surface area contributed by atoms with Gasteiger partial charge in [-0.25, -0.2) is 0 Å². The zero-order valence-electron chi connectivity index (χ0n) is 9.29. The molecule has 2 rings (SSSR count). The SMILES string of the molecule is COC(=O)C1(C(N)C2CCNCC2)CC1. The standard InChI is InChI=1S/C11H20N2O2/c1-15-10(14)11(4-5-11)9(12)8-2-6-13-7-3-8/h8-9,13H,2-7,12H2,1H3. The second kappa shape index (κ2) is 4.10. The molecule has 4 heteroatoms. The van der Waals surface area contributed by atoms with Crippen LogP contribution in [0.2, 0.25) is 0 Å². The van der Waals surface area contributed by atoms with Crippen LogP contribution in [-0.4, -0.2) is 32.2 Å². The minimum atomic E-state index is -0.337. The van der Waals surface area contributed by atoms with Gasteiger partial charge in [0.15, 0.2) is 0 Å². The molecule has 1 saturated carbocycles. The predicted molar refractivity (Wildman–Crippen MR) is 57.3 cm³/mol. The minimum absolute atomic E-state index is 0.00736. The Hall–Kier alpha value is -0.610. The van der Waals surface area contributed by atoms with Crippen LogP contribution in [0.25, 0.3) is 0 Å². The third-order valence-electron chi connectivity index (χ3n) is 3.91. The number of carbonyl (C=O) groups is 1. The summed E-state index contributed by atoms with van der Waals surface area (Å²) in [5.41, 5.74) is 5.90. The van der Waals surface area contributed by atoms with Gasteiger partial charge in [-0.05, 0) is 44.7 Å². The molecule has 0 amide bonds. The molecule has 1 aliphatic carbocycles. The highest BCUT2D eigenvalue weighted by Gasteiger charge is 2.57. The summed E-state index contributed by atoms with van der Waals surface area (Å²) >= 11 is 0. The Morgan fingerprint density at radius 1 is 1.47 bits per heavy atom. The fraction of sp³-hybridized carbons (Fsp3) is 0.909. The zero-order valence-corrected chi connectivity index (χ0v) is 9.29. The van der Waals surface area contributed by atoms with Crippen molar-refractivity contribution in [1.29, 1.82) is 0 Å². The van der Waals surface area contributed by atoms with E-state index < -0.39 is 0 Å². The van der Waals surface area contributed by atoms with Gasteiger partial charge in [0.2, 0.25) is 0 Å². The maximum absolute atomic E-state index is 11.7. The molecular formula is C11H20N2O2. The second-order valence-electron chi connectivity index (χ2n) is 4.76. The summed E-state index contributed by atoms with van der Waals surface area (Å²) in [7, 11) is 1.46. The van der Waals surface area contributed by atoms with Crippen molar-refractivity contribution in [3.8, 4) is 0 Å². The zero-order chi connectivity index (χ0) is 10.9. The van der Waals surface area contributed by atoms with E-state index in [-0.39, 0.29) is 17.4 Å². The van der Waals surface area contributed by atoms with Crippen molar-refractivity contribution < 1.29 is 9.53 Å². The highest BCUT2D eigenvalue weighted by molar-refractivity contribution is 5.80. The van der Waals surface area contributed by atoms with Crippen molar-refractivity contribution in [3.63, 3.8) is 0 Å². The van der Waals surface area contributed by atoms with E-state index in [0.29, 0.717) is 5.92 Å². The molecule has 4 nitrogen and oxygen atoms in total. The van der Waals surface area contributed by atoms with Crippen LogP contribution in [-0.2, 0) is 9.53 Å². The normalized spacial score (nSPS) is 27.1. The van der Waals surface area contributed by atoms with Gasteiger partial charge < -0.3 is 15.8 Å². The second-order valence-corrected chi connectivity index (χ2v) is 4.76. The van der Waals surface area contributed by atoms with Gasteiger partial charge in [-0.3, -0.25) is 4.79 Å². The van der Waals surface area contributed by atoms with Crippen LogP contribution in [0.3, 0.4) is 0 Å². The molecule has 1 atom stereocenters. The van der Waals surface area contributed by atoms with Crippen LogP contribution in [0.5, 0.6) is 0 Å². The average molecular weight is 212 g/mol. The minimum Gasteiger partial charge on any atom is -0.469 e. The van der Waals surface area contributed by atoms with Gasteiger partial charge in [0.05, 0.1) is 12.5 Å². The highest BCUT2D eigenvalue weighted by atomic mass is 16.5. The summed E-state index contributed by atoms with van der Waals surface area (Å²) in [6, 6.07) is -0.00736. The fourth-order valence-electron chi connectivity index (χ4n) is 2.67. The number of hydrogen-bond donors (Lipinski definition) is 2. The molecule has 1 saturated heterocycles. The van der Waals surface area contributed by atoms with Gasteiger partial charge >= 0.3 is 5.97 Å². The number of nitrogens with one attached hydrogen (secondary N) is 1. The number of hydrogen-bond acceptors (Lipinski definition) is 4. The Balaban J connectivity index is 2.00. The molecule has 0 aromatic carbocycles. The van der Waals surface area contributed by atoms with Gasteiger partial charge in [0.1, 0.15) is 0 Å². The highest BCUT2D eigenvalue weighted by Crippen LogP contribution is 2.51. The topological polar surface area (TPSA) is 64.3 Å². The van der Waals surface area contributed by atoms with Crippen LogP contribution < -0.4 is 11.1 Å². The molecule has 0 aromatic heterocycles. The van der Waals surface area contributed by atoms with Crippen molar-refractivity contribution in [3.05, 3.63) is 0 Å². The number of nitrogens with two attached hydrogens (primary N) is 1. The van der Waals surface area contributed by atoms with E-state index in [1.165, 1.54) is 7.11 Å². The molecule has 0 aromatic rings. The molecule has 0 spiro atoms. The van der Waals surface area contributed by atoms with Crippen LogP contribution in [0.4, 0.5) is 0 Å². The van der Waals surface area contributed by atoms with Gasteiger partial charge in [0, 0.05) is 6.04 Å². The number of carbonyl (C=O) groups excluding carboxylic acids is 1. The molecule has 3 N–H and O–H groups in total. The molecular weight excluding hydrogens is 192 g/mol. The number of esters is 1. The lowest BCUT2D eigenvalue weighted by Gasteiger charge is -2.32. The van der Waals surface area contributed by atoms with Crippen molar-refractivity contribution in [2.45, 2.75) is 31.7 Å². The molecule has 0 bridgehead atoms. The fourth-order valence-corrected chi connectivity index (χ4v) is 2.67. The number of ether oxygens (including phenoxy) is 1. The third-order valence-corrected chi connectivity index (χ3v) is 3.91. The van der Waals surface area contributed by atoms with E-state index in [9.17, 15) is 4.79 Å². The van der Waals surface area contributed by atoms with E-state index in [0.717, 1.165) is 38.8 Å². The monoisotopic (exact) mass is 212 g/mol. The van der Waals surface area contributed by atoms with Gasteiger partial charge in [-0.15, -0.1) is 0 Å². The first-order valence-corrected chi connectivity index (χ1v) is 5.75. The summed E-state index contributed by atoms with van der Waals surface area (Å²) < 4.78 is 4.85. The Morgan fingerprint density at radius 3 is 2.53 bits per heavy atom. The molecule has 1 aliphatic heterocycles. The molecule has 15 heavy (non-hydrogen) atoms. The van der Waals surface area contributed by atoms with E-state index in [1.54, 1.807) is 0 Å².